The van der Waals surface area contributed by atoms with Crippen molar-refractivity contribution in [2.45, 2.75) is 0 Å². The summed E-state index contributed by atoms with van der Waals surface area (Å²) in [6.07, 6.45) is 3.38. The predicted octanol–water partition coefficient (Wildman–Crippen LogP) is 0.128. The number of nitrogens with two attached hydrogens (primary N) is 1. The van der Waals surface area contributed by atoms with Gasteiger partial charge in [0.25, 0.3) is 5.78 Å². The largest absolute Gasteiger partial charge is 0.366 e. The van der Waals surface area contributed by atoms with Gasteiger partial charge in [-0.3, -0.25) is 0 Å². The first-order valence-corrected chi connectivity index (χ1v) is 2.79. The second-order valence-electron chi connectivity index (χ2n) is 1.83. The highest BCUT2D eigenvalue weighted by molar-refractivity contribution is 5.85. The lowest BCUT2D eigenvalue weighted by Gasteiger charge is -1.83. The summed E-state index contributed by atoms with van der Waals surface area (Å²) in [5, 5.41) is 3.83. The van der Waals surface area contributed by atoms with Gasteiger partial charge in [0.2, 0.25) is 5.95 Å². The summed E-state index contributed by atoms with van der Waals surface area (Å²) in [7, 11) is 0. The Labute approximate surface area is 68.7 Å². The zero-order valence-electron chi connectivity index (χ0n) is 5.51. The molecule has 0 saturated heterocycles. The minimum atomic E-state index is 0. The average Bonchev–Trinajstić information content (AvgIpc) is 2.27. The van der Waals surface area contributed by atoms with E-state index in [4.69, 9.17) is 5.73 Å². The monoisotopic (exact) mass is 171 g/mol. The zero-order chi connectivity index (χ0) is 6.97. The maximum absolute atomic E-state index is 5.31. The van der Waals surface area contributed by atoms with Crippen molar-refractivity contribution in [1.29, 1.82) is 0 Å². The van der Waals surface area contributed by atoms with Gasteiger partial charge in [0, 0.05) is 12.4 Å². The molecule has 11 heavy (non-hydrogen) atoms. The summed E-state index contributed by atoms with van der Waals surface area (Å²) in [5.74, 6) is 0.777. The first-order valence-electron chi connectivity index (χ1n) is 2.79. The first-order chi connectivity index (χ1) is 4.86. The molecule has 6 heteroatoms. The standard InChI is InChI=1S/C5H5N5.ClH/c6-4-8-5-7-2-1-3-10(5)9-4;/h1-3H,(H2,6,9);1H. The second kappa shape index (κ2) is 2.71. The minimum absolute atomic E-state index is 0. The molecule has 0 bridgehead atoms. The molecule has 2 aromatic heterocycles. The Morgan fingerprint density at radius 1 is 1.45 bits per heavy atom. The molecule has 0 unspecified atom stereocenters. The van der Waals surface area contributed by atoms with Crippen LogP contribution in [-0.2, 0) is 0 Å². The highest BCUT2D eigenvalue weighted by Crippen LogP contribution is 1.95. The normalized spacial score (nSPS) is 9.45. The van der Waals surface area contributed by atoms with Crippen molar-refractivity contribution in [2.24, 2.45) is 0 Å². The third kappa shape index (κ3) is 1.22. The number of rotatable bonds is 0. The van der Waals surface area contributed by atoms with E-state index in [1.807, 2.05) is 0 Å². The molecular formula is C5H6ClN5. The van der Waals surface area contributed by atoms with Crippen LogP contribution in [0.3, 0.4) is 0 Å². The van der Waals surface area contributed by atoms with Gasteiger partial charge in [0.15, 0.2) is 0 Å². The highest BCUT2D eigenvalue weighted by Gasteiger charge is 1.96. The Bertz CT molecular complexity index is 323. The summed E-state index contributed by atoms with van der Waals surface area (Å²) in [6, 6.07) is 1.76. The van der Waals surface area contributed by atoms with Crippen LogP contribution in [0, 0.1) is 0 Å². The van der Waals surface area contributed by atoms with Crippen LogP contribution in [0.1, 0.15) is 0 Å². The fraction of sp³-hybridized carbons (Fsp3) is 0. The molecule has 2 heterocycles. The number of anilines is 1. The number of fused-ring (bicyclic) bond motifs is 1. The molecule has 0 fully saturated rings. The van der Waals surface area contributed by atoms with E-state index in [0.717, 1.165) is 0 Å². The molecule has 2 rings (SSSR count). The van der Waals surface area contributed by atoms with Crippen LogP contribution in [0.5, 0.6) is 0 Å². The van der Waals surface area contributed by atoms with Crippen molar-refractivity contribution in [3.8, 4) is 0 Å². The predicted molar refractivity (Wildman–Crippen MR) is 42.4 cm³/mol. The average molecular weight is 172 g/mol. The lowest BCUT2D eigenvalue weighted by molar-refractivity contribution is 0.944. The molecular weight excluding hydrogens is 166 g/mol. The van der Waals surface area contributed by atoms with E-state index in [0.29, 0.717) is 5.78 Å². The van der Waals surface area contributed by atoms with E-state index in [1.54, 1.807) is 18.5 Å². The number of aromatic nitrogens is 4. The van der Waals surface area contributed by atoms with Crippen molar-refractivity contribution < 1.29 is 0 Å². The quantitative estimate of drug-likeness (QED) is 0.612. The maximum Gasteiger partial charge on any atom is 0.253 e. The summed E-state index contributed by atoms with van der Waals surface area (Å²) in [6.45, 7) is 0. The van der Waals surface area contributed by atoms with Crippen molar-refractivity contribution >= 4 is 24.1 Å². The van der Waals surface area contributed by atoms with Crippen LogP contribution in [0.2, 0.25) is 0 Å². The molecule has 0 amide bonds. The molecule has 0 aromatic carbocycles. The molecule has 0 spiro atoms. The van der Waals surface area contributed by atoms with Crippen molar-refractivity contribution in [3.05, 3.63) is 18.5 Å². The second-order valence-corrected chi connectivity index (χ2v) is 1.83. The van der Waals surface area contributed by atoms with Crippen molar-refractivity contribution in [1.82, 2.24) is 19.6 Å². The Balaban J connectivity index is 0.000000605. The van der Waals surface area contributed by atoms with Crippen LogP contribution in [0.4, 0.5) is 5.95 Å². The van der Waals surface area contributed by atoms with Crippen LogP contribution < -0.4 is 5.73 Å². The summed E-state index contributed by atoms with van der Waals surface area (Å²) < 4.78 is 1.52. The van der Waals surface area contributed by atoms with Gasteiger partial charge in [-0.1, -0.05) is 0 Å². The van der Waals surface area contributed by atoms with Gasteiger partial charge in [-0.2, -0.15) is 4.98 Å². The van der Waals surface area contributed by atoms with Gasteiger partial charge in [-0.15, -0.1) is 17.5 Å². The topological polar surface area (TPSA) is 69.1 Å². The smallest absolute Gasteiger partial charge is 0.253 e. The third-order valence-electron chi connectivity index (χ3n) is 1.13. The Morgan fingerprint density at radius 2 is 2.27 bits per heavy atom. The lowest BCUT2D eigenvalue weighted by Crippen LogP contribution is -1.88. The van der Waals surface area contributed by atoms with E-state index >= 15 is 0 Å². The number of nitrogens with zero attached hydrogens (tertiary/aromatic N) is 4. The maximum atomic E-state index is 5.31. The van der Waals surface area contributed by atoms with E-state index in [2.05, 4.69) is 15.1 Å². The van der Waals surface area contributed by atoms with E-state index in [-0.39, 0.29) is 18.4 Å². The number of nitrogen functional groups attached to an aromatic ring is 1. The minimum Gasteiger partial charge on any atom is -0.366 e. The number of hydrogen-bond acceptors (Lipinski definition) is 4. The van der Waals surface area contributed by atoms with Crippen molar-refractivity contribution in [2.75, 3.05) is 5.73 Å². The summed E-state index contributed by atoms with van der Waals surface area (Å²) >= 11 is 0. The molecule has 0 atom stereocenters. The molecule has 2 N–H and O–H groups in total. The third-order valence-corrected chi connectivity index (χ3v) is 1.13. The number of hydrogen-bond donors (Lipinski definition) is 1. The van der Waals surface area contributed by atoms with Gasteiger partial charge in [0.1, 0.15) is 0 Å². The van der Waals surface area contributed by atoms with Gasteiger partial charge in [0.05, 0.1) is 0 Å². The van der Waals surface area contributed by atoms with Crippen LogP contribution in [-0.4, -0.2) is 19.6 Å². The Morgan fingerprint density at radius 3 is 3.00 bits per heavy atom. The fourth-order valence-electron chi connectivity index (χ4n) is 0.749. The van der Waals surface area contributed by atoms with E-state index in [1.165, 1.54) is 4.52 Å². The zero-order valence-corrected chi connectivity index (χ0v) is 6.32. The van der Waals surface area contributed by atoms with Crippen molar-refractivity contribution in [3.63, 3.8) is 0 Å². The van der Waals surface area contributed by atoms with Gasteiger partial charge in [-0.25, -0.2) is 9.50 Å². The van der Waals surface area contributed by atoms with Crippen LogP contribution >= 0.6 is 12.4 Å². The highest BCUT2D eigenvalue weighted by atomic mass is 35.5. The molecule has 0 aliphatic carbocycles. The van der Waals surface area contributed by atoms with Crippen LogP contribution in [0.15, 0.2) is 18.5 Å². The fourth-order valence-corrected chi connectivity index (χ4v) is 0.749. The number of halogens is 1. The van der Waals surface area contributed by atoms with Crippen LogP contribution in [0.25, 0.3) is 5.78 Å². The molecule has 0 aliphatic heterocycles. The van der Waals surface area contributed by atoms with Gasteiger partial charge in [-0.05, 0) is 6.07 Å². The van der Waals surface area contributed by atoms with Gasteiger partial charge >= 0.3 is 0 Å². The Kier molecular flexibility index (Phi) is 1.91. The molecule has 0 aliphatic rings. The van der Waals surface area contributed by atoms with Gasteiger partial charge < -0.3 is 5.73 Å². The molecule has 5 nitrogen and oxygen atoms in total. The Hall–Kier alpha value is -1.36. The van der Waals surface area contributed by atoms with E-state index < -0.39 is 0 Å². The molecule has 2 aromatic rings. The molecule has 0 radical (unpaired) electrons. The summed E-state index contributed by atoms with van der Waals surface area (Å²) in [5.41, 5.74) is 5.31. The first kappa shape index (κ1) is 7.74. The lowest BCUT2D eigenvalue weighted by atomic mass is 10.7. The summed E-state index contributed by atoms with van der Waals surface area (Å²) in [4.78, 5) is 7.74. The van der Waals surface area contributed by atoms with E-state index in [9.17, 15) is 0 Å². The molecule has 0 saturated carbocycles. The SMILES string of the molecule is Cl.Nc1nc2ncccn2n1. The molecule has 58 valence electrons.